The molecule has 4 aliphatic carbocycles. The Morgan fingerprint density at radius 3 is 2.29 bits per heavy atom. The van der Waals surface area contributed by atoms with Gasteiger partial charge in [-0.15, -0.1) is 0 Å². The second kappa shape index (κ2) is 6.68. The lowest BCUT2D eigenvalue weighted by atomic mass is 9.63. The van der Waals surface area contributed by atoms with Crippen LogP contribution in [0.4, 0.5) is 11.4 Å². The van der Waals surface area contributed by atoms with E-state index in [2.05, 4.69) is 17.5 Å². The van der Waals surface area contributed by atoms with Gasteiger partial charge in [-0.2, -0.15) is 0 Å². The van der Waals surface area contributed by atoms with E-state index in [0.29, 0.717) is 38.8 Å². The van der Waals surface area contributed by atoms with E-state index in [1.165, 1.54) is 4.90 Å². The number of nitrogens with zero attached hydrogens (tertiary/aromatic N) is 1. The molecule has 2 aromatic carbocycles. The van der Waals surface area contributed by atoms with Crippen molar-refractivity contribution in [2.24, 2.45) is 35.5 Å². The van der Waals surface area contributed by atoms with Gasteiger partial charge in [0.2, 0.25) is 11.8 Å². The smallest absolute Gasteiger partial charge is 0.255 e. The molecule has 5 aliphatic rings. The second-order valence-corrected chi connectivity index (χ2v) is 9.64. The maximum absolute atomic E-state index is 13.3. The normalized spacial score (nSPS) is 32.1. The lowest BCUT2D eigenvalue weighted by Gasteiger charge is -2.37. The number of anilines is 2. The van der Waals surface area contributed by atoms with Gasteiger partial charge in [-0.25, -0.2) is 4.90 Å². The molecule has 1 heterocycles. The van der Waals surface area contributed by atoms with E-state index < -0.39 is 5.91 Å². The highest BCUT2D eigenvalue weighted by Gasteiger charge is 2.67. The van der Waals surface area contributed by atoms with Crippen LogP contribution in [0.25, 0.3) is 0 Å². The van der Waals surface area contributed by atoms with Crippen LogP contribution in [0.2, 0.25) is 10.0 Å². The molecule has 156 valence electrons. The Hall–Kier alpha value is -2.63. The molecule has 7 heteroatoms. The number of rotatable bonds is 3. The lowest BCUT2D eigenvalue weighted by Crippen LogP contribution is -2.40. The van der Waals surface area contributed by atoms with Crippen LogP contribution in [-0.4, -0.2) is 17.7 Å². The van der Waals surface area contributed by atoms with E-state index in [0.717, 1.165) is 6.42 Å². The van der Waals surface area contributed by atoms with Crippen molar-refractivity contribution in [1.29, 1.82) is 0 Å². The molecule has 3 amide bonds. The van der Waals surface area contributed by atoms with E-state index in [4.69, 9.17) is 23.2 Å². The summed E-state index contributed by atoms with van der Waals surface area (Å²) >= 11 is 12.1. The number of imide groups is 1. The molecule has 31 heavy (non-hydrogen) atoms. The standard InChI is InChI=1S/C24H18Cl2N2O3/c25-12-4-7-18(26)19(9-12)27-22(29)11-2-1-3-13(8-11)28-23(30)20-14-5-6-15(17-10-16(14)17)21(20)24(28)31/h1-9,14-17,20-21H,10H2,(H,27,29)/t14-,15-,16-,17+,20+,21-/m1/s1. The van der Waals surface area contributed by atoms with Crippen LogP contribution in [0.5, 0.6) is 0 Å². The molecule has 3 fully saturated rings. The predicted molar refractivity (Wildman–Crippen MR) is 118 cm³/mol. The average molecular weight is 453 g/mol. The average Bonchev–Trinajstić information content (AvgIpc) is 3.54. The second-order valence-electron chi connectivity index (χ2n) is 8.80. The molecule has 1 aliphatic heterocycles. The Morgan fingerprint density at radius 1 is 0.935 bits per heavy atom. The van der Waals surface area contributed by atoms with Gasteiger partial charge in [0, 0.05) is 10.6 Å². The minimum Gasteiger partial charge on any atom is -0.321 e. The molecule has 7 rings (SSSR count). The summed E-state index contributed by atoms with van der Waals surface area (Å²) in [7, 11) is 0. The number of amides is 3. The third-order valence-corrected chi connectivity index (χ3v) is 7.77. The molecular weight excluding hydrogens is 435 g/mol. The predicted octanol–water partition coefficient (Wildman–Crippen LogP) is 4.80. The van der Waals surface area contributed by atoms with Gasteiger partial charge in [0.25, 0.3) is 5.91 Å². The SMILES string of the molecule is O=C(Nc1cc(Cl)ccc1Cl)c1cccc(N2C(=O)[C@@H]3[C@@H]4C=C[C@H]([C@H]5C[C@@H]45)[C@@H]3C2=O)c1. The van der Waals surface area contributed by atoms with E-state index in [1.54, 1.807) is 42.5 Å². The molecule has 2 bridgehead atoms. The van der Waals surface area contributed by atoms with Crippen LogP contribution in [0.15, 0.2) is 54.6 Å². The molecule has 2 saturated carbocycles. The summed E-state index contributed by atoms with van der Waals surface area (Å²) in [6, 6.07) is 11.4. The summed E-state index contributed by atoms with van der Waals surface area (Å²) in [5, 5.41) is 3.55. The maximum Gasteiger partial charge on any atom is 0.255 e. The third kappa shape index (κ3) is 2.80. The number of benzene rings is 2. The van der Waals surface area contributed by atoms with Crippen molar-refractivity contribution in [2.75, 3.05) is 10.2 Å². The van der Waals surface area contributed by atoms with Crippen LogP contribution in [-0.2, 0) is 9.59 Å². The molecule has 0 aromatic heterocycles. The summed E-state index contributed by atoms with van der Waals surface area (Å²) in [5.74, 6) is 0.203. The van der Waals surface area contributed by atoms with E-state index in [-0.39, 0.29) is 35.5 Å². The number of carbonyl (C=O) groups is 3. The fraction of sp³-hybridized carbons (Fsp3) is 0.292. The first-order chi connectivity index (χ1) is 14.9. The summed E-state index contributed by atoms with van der Waals surface area (Å²) in [4.78, 5) is 40.7. The Kier molecular flexibility index (Phi) is 4.11. The fourth-order valence-electron chi connectivity index (χ4n) is 5.79. The Balaban J connectivity index is 1.29. The molecule has 0 spiro atoms. The highest BCUT2D eigenvalue weighted by molar-refractivity contribution is 6.36. The fourth-order valence-corrected chi connectivity index (χ4v) is 6.12. The van der Waals surface area contributed by atoms with Crippen molar-refractivity contribution in [3.8, 4) is 0 Å². The topological polar surface area (TPSA) is 66.5 Å². The van der Waals surface area contributed by atoms with E-state index in [1.807, 2.05) is 0 Å². The minimum absolute atomic E-state index is 0.143. The number of hydrogen-bond acceptors (Lipinski definition) is 3. The van der Waals surface area contributed by atoms with Gasteiger partial charge < -0.3 is 5.32 Å². The van der Waals surface area contributed by atoms with Crippen LogP contribution < -0.4 is 10.2 Å². The molecule has 1 saturated heterocycles. The summed E-state index contributed by atoms with van der Waals surface area (Å²) in [6.45, 7) is 0. The van der Waals surface area contributed by atoms with Crippen molar-refractivity contribution in [3.05, 3.63) is 70.2 Å². The number of allylic oxidation sites excluding steroid dienone is 2. The quantitative estimate of drug-likeness (QED) is 0.536. The molecule has 6 atom stereocenters. The molecule has 2 aromatic rings. The van der Waals surface area contributed by atoms with Gasteiger partial charge in [-0.3, -0.25) is 14.4 Å². The zero-order chi connectivity index (χ0) is 21.4. The van der Waals surface area contributed by atoms with Crippen molar-refractivity contribution in [2.45, 2.75) is 6.42 Å². The number of nitrogens with one attached hydrogen (secondary N) is 1. The molecule has 1 N–H and O–H groups in total. The van der Waals surface area contributed by atoms with Gasteiger partial charge in [0.1, 0.15) is 0 Å². The summed E-state index contributed by atoms with van der Waals surface area (Å²) < 4.78 is 0. The minimum atomic E-state index is -0.398. The lowest BCUT2D eigenvalue weighted by molar-refractivity contribution is -0.124. The van der Waals surface area contributed by atoms with Gasteiger partial charge in [0.15, 0.2) is 0 Å². The molecule has 0 radical (unpaired) electrons. The van der Waals surface area contributed by atoms with E-state index >= 15 is 0 Å². The highest BCUT2D eigenvalue weighted by atomic mass is 35.5. The Labute approximate surface area is 189 Å². The van der Waals surface area contributed by atoms with Crippen molar-refractivity contribution < 1.29 is 14.4 Å². The number of hydrogen-bond donors (Lipinski definition) is 1. The van der Waals surface area contributed by atoms with Crippen LogP contribution in [0.1, 0.15) is 16.8 Å². The third-order valence-electron chi connectivity index (χ3n) is 7.21. The van der Waals surface area contributed by atoms with Gasteiger partial charge in [0.05, 0.1) is 28.2 Å². The number of carbonyl (C=O) groups excluding carboxylic acids is 3. The first-order valence-electron chi connectivity index (χ1n) is 10.4. The van der Waals surface area contributed by atoms with Crippen LogP contribution in [0, 0.1) is 35.5 Å². The van der Waals surface area contributed by atoms with Crippen molar-refractivity contribution in [1.82, 2.24) is 0 Å². The largest absolute Gasteiger partial charge is 0.321 e. The zero-order valence-electron chi connectivity index (χ0n) is 16.3. The monoisotopic (exact) mass is 452 g/mol. The Bertz CT molecular complexity index is 1160. The first-order valence-corrected chi connectivity index (χ1v) is 11.1. The maximum atomic E-state index is 13.3. The first kappa shape index (κ1) is 19.1. The summed E-state index contributed by atoms with van der Waals surface area (Å²) in [5.41, 5.74) is 1.15. The van der Waals surface area contributed by atoms with Gasteiger partial charge in [-0.1, -0.05) is 41.4 Å². The Morgan fingerprint density at radius 2 is 1.61 bits per heavy atom. The van der Waals surface area contributed by atoms with Gasteiger partial charge in [-0.05, 0) is 66.5 Å². The zero-order valence-corrected chi connectivity index (χ0v) is 17.8. The van der Waals surface area contributed by atoms with Crippen LogP contribution >= 0.6 is 23.2 Å². The highest BCUT2D eigenvalue weighted by Crippen LogP contribution is 2.65. The van der Waals surface area contributed by atoms with Crippen LogP contribution in [0.3, 0.4) is 0 Å². The molecule has 0 unspecified atom stereocenters. The van der Waals surface area contributed by atoms with Crippen molar-refractivity contribution in [3.63, 3.8) is 0 Å². The molecular formula is C24H18Cl2N2O3. The molecule has 5 nitrogen and oxygen atoms in total. The van der Waals surface area contributed by atoms with Gasteiger partial charge >= 0.3 is 0 Å². The number of halogens is 2. The summed E-state index contributed by atoms with van der Waals surface area (Å²) in [6.07, 6.45) is 5.41. The van der Waals surface area contributed by atoms with Crippen molar-refractivity contribution >= 4 is 52.3 Å². The van der Waals surface area contributed by atoms with E-state index in [9.17, 15) is 14.4 Å².